The third kappa shape index (κ3) is 3.86. The average molecular weight is 312 g/mol. The van der Waals surface area contributed by atoms with E-state index < -0.39 is 5.41 Å². The molecular weight excluding hydrogens is 292 g/mol. The Hall–Kier alpha value is -0.790. The molecule has 0 atom stereocenters. The molecule has 0 aliphatic carbocycles. The third-order valence-corrected chi connectivity index (χ3v) is 5.15. The van der Waals surface area contributed by atoms with Crippen molar-refractivity contribution < 1.29 is 10.2 Å². The predicted octanol–water partition coefficient (Wildman–Crippen LogP) is 2.29. The Morgan fingerprint density at radius 3 is 2.70 bits per heavy atom. The van der Waals surface area contributed by atoms with E-state index in [0.717, 1.165) is 11.6 Å². The summed E-state index contributed by atoms with van der Waals surface area (Å²) in [7, 11) is 1.99. The molecule has 0 aliphatic heterocycles. The summed E-state index contributed by atoms with van der Waals surface area (Å²) in [4.78, 5) is 8.94. The molecule has 0 spiro atoms. The molecule has 2 aromatic rings. The molecule has 0 amide bonds. The fraction of sp³-hybridized carbons (Fsp3) is 0.500. The van der Waals surface area contributed by atoms with E-state index >= 15 is 0 Å². The molecule has 0 saturated carbocycles. The van der Waals surface area contributed by atoms with Crippen LogP contribution in [0.15, 0.2) is 23.7 Å². The Bertz CT molecular complexity index is 521. The molecule has 20 heavy (non-hydrogen) atoms. The van der Waals surface area contributed by atoms with Crippen molar-refractivity contribution in [1.29, 1.82) is 0 Å². The van der Waals surface area contributed by atoms with Crippen LogP contribution in [0, 0.1) is 5.41 Å². The molecule has 4 nitrogen and oxygen atoms in total. The maximum absolute atomic E-state index is 9.33. The Kier molecular flexibility index (Phi) is 5.29. The minimum absolute atomic E-state index is 0.0169. The van der Waals surface area contributed by atoms with Gasteiger partial charge in [0.15, 0.2) is 0 Å². The van der Waals surface area contributed by atoms with E-state index in [4.69, 9.17) is 0 Å². The second-order valence-corrected chi connectivity index (χ2v) is 7.47. The highest BCUT2D eigenvalue weighted by Gasteiger charge is 2.24. The van der Waals surface area contributed by atoms with Gasteiger partial charge in [-0.15, -0.1) is 22.7 Å². The molecule has 2 aromatic heterocycles. The summed E-state index contributed by atoms with van der Waals surface area (Å²) in [5, 5.41) is 21.8. The second-order valence-electron chi connectivity index (χ2n) is 5.41. The first-order chi connectivity index (χ1) is 9.56. The highest BCUT2D eigenvalue weighted by Crippen LogP contribution is 2.29. The average Bonchev–Trinajstić information content (AvgIpc) is 3.08. The number of hydrogen-bond donors (Lipinski definition) is 2. The zero-order valence-electron chi connectivity index (χ0n) is 11.7. The lowest BCUT2D eigenvalue weighted by atomic mass is 9.92. The summed E-state index contributed by atoms with van der Waals surface area (Å²) in [5.74, 6) is 0. The molecule has 2 N–H and O–H groups in total. The molecule has 0 saturated heterocycles. The largest absolute Gasteiger partial charge is 0.396 e. The van der Waals surface area contributed by atoms with Gasteiger partial charge in [-0.1, -0.05) is 13.0 Å². The molecule has 0 unspecified atom stereocenters. The molecular formula is C14H20N2O2S2. The van der Waals surface area contributed by atoms with Crippen LogP contribution >= 0.6 is 22.7 Å². The smallest absolute Gasteiger partial charge is 0.133 e. The summed E-state index contributed by atoms with van der Waals surface area (Å²) in [6, 6.07) is 4.10. The van der Waals surface area contributed by atoms with Gasteiger partial charge in [-0.05, 0) is 18.5 Å². The van der Waals surface area contributed by atoms with Crippen LogP contribution in [0.4, 0.5) is 0 Å². The Morgan fingerprint density at radius 2 is 2.10 bits per heavy atom. The van der Waals surface area contributed by atoms with Gasteiger partial charge >= 0.3 is 0 Å². The van der Waals surface area contributed by atoms with Gasteiger partial charge in [0, 0.05) is 29.6 Å². The van der Waals surface area contributed by atoms with E-state index in [2.05, 4.69) is 21.3 Å². The molecule has 0 fully saturated rings. The van der Waals surface area contributed by atoms with E-state index in [1.165, 1.54) is 9.75 Å². The van der Waals surface area contributed by atoms with Crippen molar-refractivity contribution in [3.63, 3.8) is 0 Å². The Balaban J connectivity index is 1.97. The number of nitrogens with zero attached hydrogens (tertiary/aromatic N) is 2. The lowest BCUT2D eigenvalue weighted by molar-refractivity contribution is 0.0404. The minimum atomic E-state index is -0.462. The van der Waals surface area contributed by atoms with Gasteiger partial charge in [0.2, 0.25) is 0 Å². The maximum Gasteiger partial charge on any atom is 0.133 e. The molecule has 2 rings (SSSR count). The first-order valence-electron chi connectivity index (χ1n) is 6.45. The van der Waals surface area contributed by atoms with Crippen LogP contribution in [-0.2, 0) is 6.54 Å². The normalized spacial score (nSPS) is 12.2. The van der Waals surface area contributed by atoms with Crippen molar-refractivity contribution in [2.45, 2.75) is 13.5 Å². The van der Waals surface area contributed by atoms with Crippen molar-refractivity contribution in [3.8, 4) is 9.88 Å². The van der Waals surface area contributed by atoms with Gasteiger partial charge in [-0.3, -0.25) is 0 Å². The first-order valence-corrected chi connectivity index (χ1v) is 8.15. The van der Waals surface area contributed by atoms with Gasteiger partial charge in [0.25, 0.3) is 0 Å². The van der Waals surface area contributed by atoms with Crippen LogP contribution < -0.4 is 0 Å². The van der Waals surface area contributed by atoms with E-state index in [9.17, 15) is 10.2 Å². The quantitative estimate of drug-likeness (QED) is 0.823. The molecule has 110 valence electrons. The number of thiazole rings is 1. The fourth-order valence-corrected chi connectivity index (χ4v) is 3.81. The molecule has 2 heterocycles. The van der Waals surface area contributed by atoms with E-state index in [0.29, 0.717) is 6.54 Å². The molecule has 0 aromatic carbocycles. The van der Waals surface area contributed by atoms with Crippen LogP contribution in [0.1, 0.15) is 11.8 Å². The predicted molar refractivity (Wildman–Crippen MR) is 84.0 cm³/mol. The van der Waals surface area contributed by atoms with Crippen LogP contribution in [0.5, 0.6) is 0 Å². The number of thiophene rings is 1. The third-order valence-electron chi connectivity index (χ3n) is 3.13. The van der Waals surface area contributed by atoms with Crippen molar-refractivity contribution in [3.05, 3.63) is 28.6 Å². The number of aliphatic hydroxyl groups is 2. The van der Waals surface area contributed by atoms with Crippen LogP contribution in [0.2, 0.25) is 0 Å². The lowest BCUT2D eigenvalue weighted by Crippen LogP contribution is -2.38. The van der Waals surface area contributed by atoms with Crippen LogP contribution in [-0.4, -0.2) is 46.9 Å². The first kappa shape index (κ1) is 15.6. The number of aliphatic hydroxyl groups excluding tert-OH is 2. The van der Waals surface area contributed by atoms with Crippen molar-refractivity contribution in [1.82, 2.24) is 9.88 Å². The Morgan fingerprint density at radius 1 is 1.35 bits per heavy atom. The van der Waals surface area contributed by atoms with Crippen molar-refractivity contribution >= 4 is 22.7 Å². The lowest BCUT2D eigenvalue weighted by Gasteiger charge is -2.29. The van der Waals surface area contributed by atoms with Crippen LogP contribution in [0.25, 0.3) is 9.88 Å². The summed E-state index contributed by atoms with van der Waals surface area (Å²) in [6.45, 7) is 3.27. The Labute approximate surface area is 127 Å². The van der Waals surface area contributed by atoms with Crippen LogP contribution in [0.3, 0.4) is 0 Å². The molecule has 0 bridgehead atoms. The van der Waals surface area contributed by atoms with Crippen molar-refractivity contribution in [2.24, 2.45) is 5.41 Å². The van der Waals surface area contributed by atoms with Crippen molar-refractivity contribution in [2.75, 3.05) is 26.8 Å². The minimum Gasteiger partial charge on any atom is -0.396 e. The van der Waals surface area contributed by atoms with E-state index in [-0.39, 0.29) is 13.2 Å². The second kappa shape index (κ2) is 6.78. The highest BCUT2D eigenvalue weighted by molar-refractivity contribution is 7.20. The van der Waals surface area contributed by atoms with Gasteiger partial charge in [0.05, 0.1) is 18.1 Å². The van der Waals surface area contributed by atoms with Gasteiger partial charge < -0.3 is 15.1 Å². The molecule has 0 aliphatic rings. The molecule has 6 heteroatoms. The van der Waals surface area contributed by atoms with Gasteiger partial charge in [0.1, 0.15) is 5.01 Å². The zero-order valence-corrected chi connectivity index (χ0v) is 13.4. The summed E-state index contributed by atoms with van der Waals surface area (Å²) >= 11 is 3.39. The highest BCUT2D eigenvalue weighted by atomic mass is 32.1. The fourth-order valence-electron chi connectivity index (χ4n) is 2.02. The summed E-state index contributed by atoms with van der Waals surface area (Å²) in [5.41, 5.74) is -0.462. The summed E-state index contributed by atoms with van der Waals surface area (Å²) < 4.78 is 0. The number of hydrogen-bond acceptors (Lipinski definition) is 6. The zero-order chi connectivity index (χ0) is 14.6. The van der Waals surface area contributed by atoms with E-state index in [1.807, 2.05) is 26.2 Å². The van der Waals surface area contributed by atoms with Gasteiger partial charge in [-0.25, -0.2) is 4.98 Å². The maximum atomic E-state index is 9.33. The standard InChI is InChI=1S/C14H20N2O2S2/c1-14(9-17,10-18)8-16(2)7-11-6-15-13(20-11)12-4-3-5-19-12/h3-6,17-18H,7-10H2,1-2H3. The SMILES string of the molecule is CN(Cc1cnc(-c2cccs2)s1)CC(C)(CO)CO. The van der Waals surface area contributed by atoms with Gasteiger partial charge in [-0.2, -0.15) is 0 Å². The number of rotatable bonds is 7. The summed E-state index contributed by atoms with van der Waals surface area (Å²) in [6.07, 6.45) is 1.91. The topological polar surface area (TPSA) is 56.6 Å². The molecule has 0 radical (unpaired) electrons. The number of aromatic nitrogens is 1. The van der Waals surface area contributed by atoms with E-state index in [1.54, 1.807) is 22.7 Å². The monoisotopic (exact) mass is 312 g/mol.